The number of amides is 1. The number of nitrogens with zero attached hydrogens (tertiary/aromatic N) is 4. The average molecular weight is 535 g/mol. The fourth-order valence-corrected chi connectivity index (χ4v) is 4.22. The van der Waals surface area contributed by atoms with E-state index in [2.05, 4.69) is 43.5 Å². The fourth-order valence-electron chi connectivity index (χ4n) is 4.09. The Balaban J connectivity index is 1.27. The lowest BCUT2D eigenvalue weighted by Crippen LogP contribution is -2.44. The van der Waals surface area contributed by atoms with Crippen LogP contribution in [0.3, 0.4) is 0 Å². The molecule has 10 heteroatoms. The van der Waals surface area contributed by atoms with Gasteiger partial charge in [-0.2, -0.15) is 4.98 Å². The Morgan fingerprint density at radius 1 is 1.13 bits per heavy atom. The number of aromatic nitrogens is 2. The van der Waals surface area contributed by atoms with Gasteiger partial charge in [-0.25, -0.2) is 4.98 Å². The molecule has 9 nitrogen and oxygen atoms in total. The van der Waals surface area contributed by atoms with Crippen LogP contribution < -0.4 is 25.0 Å². The van der Waals surface area contributed by atoms with Crippen LogP contribution in [0.4, 0.5) is 23.0 Å². The largest absolute Gasteiger partial charge is 0.494 e. The molecular formula is C28H31ClN6O3. The summed E-state index contributed by atoms with van der Waals surface area (Å²) in [6.07, 6.45) is 7.30. The topological polar surface area (TPSA) is 91.9 Å². The fraction of sp³-hybridized carbons (Fsp3) is 0.321. The second kappa shape index (κ2) is 11.7. The highest BCUT2D eigenvalue weighted by Crippen LogP contribution is 2.34. The molecule has 1 saturated carbocycles. The molecule has 1 amide bonds. The normalized spacial score (nSPS) is 15.9. The van der Waals surface area contributed by atoms with Crippen molar-refractivity contribution >= 4 is 40.5 Å². The number of rotatable bonds is 9. The van der Waals surface area contributed by atoms with Gasteiger partial charge in [0.25, 0.3) is 0 Å². The van der Waals surface area contributed by atoms with Gasteiger partial charge in [0.05, 0.1) is 19.0 Å². The zero-order valence-electron chi connectivity index (χ0n) is 21.5. The number of hydrogen-bond donors (Lipinski definition) is 2. The minimum absolute atomic E-state index is 0.173. The highest BCUT2D eigenvalue weighted by atomic mass is 35.5. The SMILES string of the molecule is COc1cc(N2CCN(C)CC2)ccc1Nc1ncc(Cl)c(Oc2cccc(NC(=O)C=CC3CC3)c2)n1. The maximum Gasteiger partial charge on any atom is 0.248 e. The van der Waals surface area contributed by atoms with Crippen LogP contribution in [0.5, 0.6) is 17.4 Å². The summed E-state index contributed by atoms with van der Waals surface area (Å²) in [4.78, 5) is 25.6. The first-order chi connectivity index (χ1) is 18.5. The van der Waals surface area contributed by atoms with Gasteiger partial charge in [0.15, 0.2) is 0 Å². The Bertz CT molecular complexity index is 1320. The van der Waals surface area contributed by atoms with Crippen molar-refractivity contribution in [2.45, 2.75) is 12.8 Å². The van der Waals surface area contributed by atoms with Gasteiger partial charge in [-0.3, -0.25) is 4.79 Å². The molecule has 0 bridgehead atoms. The van der Waals surface area contributed by atoms with Gasteiger partial charge in [-0.15, -0.1) is 0 Å². The third kappa shape index (κ3) is 6.73. The molecule has 2 N–H and O–H groups in total. The Kier molecular flexibility index (Phi) is 7.95. The average Bonchev–Trinajstić information content (AvgIpc) is 3.75. The number of ether oxygens (including phenoxy) is 2. The minimum Gasteiger partial charge on any atom is -0.494 e. The number of methoxy groups -OCH3 is 1. The summed E-state index contributed by atoms with van der Waals surface area (Å²) in [7, 11) is 3.77. The van der Waals surface area contributed by atoms with Crippen LogP contribution in [0.25, 0.3) is 0 Å². The zero-order valence-corrected chi connectivity index (χ0v) is 22.2. The molecule has 2 heterocycles. The molecule has 1 aliphatic heterocycles. The Morgan fingerprint density at radius 2 is 1.95 bits per heavy atom. The maximum atomic E-state index is 12.2. The van der Waals surface area contributed by atoms with E-state index in [1.807, 2.05) is 18.2 Å². The lowest BCUT2D eigenvalue weighted by atomic mass is 10.2. The molecule has 0 radical (unpaired) electrons. The molecule has 1 saturated heterocycles. The molecule has 1 aromatic heterocycles. The van der Waals surface area contributed by atoms with Crippen LogP contribution in [0, 0.1) is 5.92 Å². The van der Waals surface area contributed by atoms with E-state index in [1.165, 1.54) is 6.20 Å². The Morgan fingerprint density at radius 3 is 2.71 bits per heavy atom. The summed E-state index contributed by atoms with van der Waals surface area (Å²) < 4.78 is 11.6. The molecule has 2 aliphatic rings. The van der Waals surface area contributed by atoms with Crippen molar-refractivity contribution in [1.82, 2.24) is 14.9 Å². The summed E-state index contributed by atoms with van der Waals surface area (Å²) in [6.45, 7) is 3.98. The smallest absolute Gasteiger partial charge is 0.248 e. The molecule has 1 aliphatic carbocycles. The monoisotopic (exact) mass is 534 g/mol. The molecule has 2 aromatic carbocycles. The molecule has 0 atom stereocenters. The van der Waals surface area contributed by atoms with E-state index in [0.29, 0.717) is 29.1 Å². The molecule has 5 rings (SSSR count). The second-order valence-corrected chi connectivity index (χ2v) is 9.87. The number of likely N-dealkylation sites (N-methyl/N-ethyl adjacent to an activating group) is 1. The van der Waals surface area contributed by atoms with E-state index < -0.39 is 0 Å². The third-order valence-electron chi connectivity index (χ3n) is 6.47. The van der Waals surface area contributed by atoms with Crippen molar-refractivity contribution in [3.8, 4) is 17.4 Å². The number of carbonyl (C=O) groups is 1. The van der Waals surface area contributed by atoms with Gasteiger partial charge in [0.1, 0.15) is 16.5 Å². The van der Waals surface area contributed by atoms with Crippen molar-refractivity contribution in [1.29, 1.82) is 0 Å². The third-order valence-corrected chi connectivity index (χ3v) is 6.73. The lowest BCUT2D eigenvalue weighted by Gasteiger charge is -2.34. The first kappa shape index (κ1) is 25.8. The molecule has 38 heavy (non-hydrogen) atoms. The zero-order chi connectivity index (χ0) is 26.5. The van der Waals surface area contributed by atoms with Crippen LogP contribution in [-0.2, 0) is 4.79 Å². The van der Waals surface area contributed by atoms with Crippen LogP contribution in [0.1, 0.15) is 12.8 Å². The quantitative estimate of drug-likeness (QED) is 0.356. The van der Waals surface area contributed by atoms with Crippen molar-refractivity contribution in [2.24, 2.45) is 5.92 Å². The van der Waals surface area contributed by atoms with E-state index in [9.17, 15) is 4.79 Å². The summed E-state index contributed by atoms with van der Waals surface area (Å²) in [5, 5.41) is 6.31. The van der Waals surface area contributed by atoms with Gasteiger partial charge < -0.3 is 29.9 Å². The standard InChI is InChI=1S/C28H31ClN6O3/c1-34-12-14-35(15-13-34)21-9-10-24(25(17-21)37-2)32-28-30-18-23(29)27(33-28)38-22-5-3-4-20(16-22)31-26(36)11-8-19-6-7-19/h3-5,8-11,16-19H,6-7,12-15H2,1-2H3,(H,31,36)(H,30,32,33). The van der Waals surface area contributed by atoms with E-state index in [4.69, 9.17) is 21.1 Å². The van der Waals surface area contributed by atoms with E-state index >= 15 is 0 Å². The molecule has 0 unspecified atom stereocenters. The molecular weight excluding hydrogens is 504 g/mol. The van der Waals surface area contributed by atoms with Gasteiger partial charge in [-0.05, 0) is 56.1 Å². The van der Waals surface area contributed by atoms with E-state index in [0.717, 1.165) is 50.4 Å². The molecule has 3 aromatic rings. The van der Waals surface area contributed by atoms with Crippen molar-refractivity contribution < 1.29 is 14.3 Å². The number of piperazine rings is 1. The summed E-state index contributed by atoms with van der Waals surface area (Å²) in [5.74, 6) is 2.02. The van der Waals surface area contributed by atoms with Gasteiger partial charge in [0.2, 0.25) is 17.7 Å². The van der Waals surface area contributed by atoms with E-state index in [-0.39, 0.29) is 16.8 Å². The number of nitrogens with one attached hydrogen (secondary N) is 2. The Hall–Kier alpha value is -3.82. The molecule has 198 valence electrons. The number of benzene rings is 2. The number of halogens is 1. The highest BCUT2D eigenvalue weighted by Gasteiger charge is 2.18. The second-order valence-electron chi connectivity index (χ2n) is 9.46. The number of anilines is 4. The van der Waals surface area contributed by atoms with E-state index in [1.54, 1.807) is 37.5 Å². The molecule has 0 spiro atoms. The first-order valence-corrected chi connectivity index (χ1v) is 13.0. The molecule has 2 fully saturated rings. The van der Waals surface area contributed by atoms with Gasteiger partial charge >= 0.3 is 0 Å². The van der Waals surface area contributed by atoms with Crippen LogP contribution in [0.2, 0.25) is 5.02 Å². The number of hydrogen-bond acceptors (Lipinski definition) is 8. The first-order valence-electron chi connectivity index (χ1n) is 12.6. The number of allylic oxidation sites excluding steroid dienone is 1. The van der Waals surface area contributed by atoms with Crippen LogP contribution >= 0.6 is 11.6 Å². The predicted octanol–water partition coefficient (Wildman–Crippen LogP) is 5.33. The lowest BCUT2D eigenvalue weighted by molar-refractivity contribution is -0.111. The van der Waals surface area contributed by atoms with Crippen LogP contribution in [-0.4, -0.2) is 61.1 Å². The van der Waals surface area contributed by atoms with Crippen LogP contribution in [0.15, 0.2) is 60.8 Å². The van der Waals surface area contributed by atoms with Gasteiger partial charge in [0, 0.05) is 49.7 Å². The Labute approximate surface area is 227 Å². The summed E-state index contributed by atoms with van der Waals surface area (Å²) in [5.41, 5.74) is 2.45. The van der Waals surface area contributed by atoms with Crippen molar-refractivity contribution in [2.75, 3.05) is 55.9 Å². The summed E-state index contributed by atoms with van der Waals surface area (Å²) in [6, 6.07) is 13.1. The van der Waals surface area contributed by atoms with Crippen molar-refractivity contribution in [3.63, 3.8) is 0 Å². The van der Waals surface area contributed by atoms with Gasteiger partial charge in [-0.1, -0.05) is 23.7 Å². The maximum absolute atomic E-state index is 12.2. The highest BCUT2D eigenvalue weighted by molar-refractivity contribution is 6.31. The number of carbonyl (C=O) groups excluding carboxylic acids is 1. The minimum atomic E-state index is -0.173. The summed E-state index contributed by atoms with van der Waals surface area (Å²) >= 11 is 6.34. The van der Waals surface area contributed by atoms with Crippen molar-refractivity contribution in [3.05, 3.63) is 65.8 Å². The predicted molar refractivity (Wildman–Crippen MR) is 150 cm³/mol.